The Morgan fingerprint density at radius 2 is 1.77 bits per heavy atom. The Hall–Kier alpha value is -3.96. The van der Waals surface area contributed by atoms with Crippen LogP contribution in [0.5, 0.6) is 11.5 Å². The third-order valence-electron chi connectivity index (χ3n) is 3.17. The van der Waals surface area contributed by atoms with E-state index in [0.29, 0.717) is 0 Å². The van der Waals surface area contributed by atoms with Crippen LogP contribution >= 0.6 is 0 Å². The summed E-state index contributed by atoms with van der Waals surface area (Å²) in [5.41, 5.74) is -4.19. The predicted octanol–water partition coefficient (Wildman–Crippen LogP) is 1.15. The van der Waals surface area contributed by atoms with Crippen LogP contribution in [0.25, 0.3) is 12.2 Å². The average molecular weight is 364 g/mol. The van der Waals surface area contributed by atoms with Gasteiger partial charge in [-0.1, -0.05) is 0 Å². The summed E-state index contributed by atoms with van der Waals surface area (Å²) in [7, 11) is 0. The standard InChI is InChI=1S/C14H12N4O8/c1-2-26-12-9(19)6-4-7(10(12)17(22)23)3-5-8-11(18(24)25)13(20)16-14(21)15-8/h3-6,19H,2H2,1H3,(H2,15,16,20,21). The first-order chi connectivity index (χ1) is 12.3. The van der Waals surface area contributed by atoms with E-state index in [1.807, 2.05) is 0 Å². The molecule has 1 heterocycles. The Balaban J connectivity index is 2.65. The van der Waals surface area contributed by atoms with Crippen molar-refractivity contribution in [3.05, 3.63) is 64.5 Å². The number of ether oxygens (including phenoxy) is 1. The molecule has 0 amide bonds. The molecule has 0 aliphatic heterocycles. The maximum atomic E-state index is 11.6. The lowest BCUT2D eigenvalue weighted by molar-refractivity contribution is -0.386. The van der Waals surface area contributed by atoms with Crippen molar-refractivity contribution >= 4 is 23.5 Å². The summed E-state index contributed by atoms with van der Waals surface area (Å²) < 4.78 is 5.08. The van der Waals surface area contributed by atoms with E-state index < -0.39 is 43.9 Å². The zero-order chi connectivity index (χ0) is 19.4. The summed E-state index contributed by atoms with van der Waals surface area (Å²) in [5.74, 6) is -0.820. The Morgan fingerprint density at radius 3 is 2.35 bits per heavy atom. The number of aromatic hydroxyl groups is 1. The van der Waals surface area contributed by atoms with Gasteiger partial charge in [-0.15, -0.1) is 0 Å². The lowest BCUT2D eigenvalue weighted by atomic mass is 10.1. The minimum absolute atomic E-state index is 0.0500. The zero-order valence-corrected chi connectivity index (χ0v) is 13.2. The molecule has 0 bridgehead atoms. The minimum Gasteiger partial charge on any atom is -0.504 e. The summed E-state index contributed by atoms with van der Waals surface area (Å²) >= 11 is 0. The molecule has 0 radical (unpaired) electrons. The zero-order valence-electron chi connectivity index (χ0n) is 13.2. The molecule has 0 atom stereocenters. The molecule has 2 rings (SSSR count). The number of benzene rings is 1. The monoisotopic (exact) mass is 364 g/mol. The molecule has 3 N–H and O–H groups in total. The maximum Gasteiger partial charge on any atom is 0.357 e. The SMILES string of the molecule is CCOc1c(O)ccc(C=Cc2[nH]c(=O)[nH]c(=O)c2[N+](=O)[O-])c1[N+](=O)[O-]. The quantitative estimate of drug-likeness (QED) is 0.504. The summed E-state index contributed by atoms with van der Waals surface area (Å²) in [5, 5.41) is 32.1. The number of phenolic OH excluding ortho intramolecular Hbond substituents is 1. The molecule has 12 nitrogen and oxygen atoms in total. The number of hydrogen-bond donors (Lipinski definition) is 3. The second kappa shape index (κ2) is 7.29. The van der Waals surface area contributed by atoms with Crippen molar-refractivity contribution in [2.24, 2.45) is 0 Å². The summed E-state index contributed by atoms with van der Waals surface area (Å²) in [6.07, 6.45) is 2.06. The number of H-pyrrole nitrogens is 2. The van der Waals surface area contributed by atoms with E-state index in [1.54, 1.807) is 11.9 Å². The smallest absolute Gasteiger partial charge is 0.357 e. The Bertz CT molecular complexity index is 1020. The maximum absolute atomic E-state index is 11.6. The van der Waals surface area contributed by atoms with Crippen LogP contribution in [0.2, 0.25) is 0 Å². The van der Waals surface area contributed by atoms with Crippen LogP contribution in [0.3, 0.4) is 0 Å². The molecule has 12 heteroatoms. The van der Waals surface area contributed by atoms with Crippen molar-refractivity contribution in [2.45, 2.75) is 6.92 Å². The van der Waals surface area contributed by atoms with Gasteiger partial charge >= 0.3 is 22.6 Å². The highest BCUT2D eigenvalue weighted by Crippen LogP contribution is 2.39. The van der Waals surface area contributed by atoms with Gasteiger partial charge in [-0.2, -0.15) is 0 Å². The van der Waals surface area contributed by atoms with Crippen LogP contribution < -0.4 is 16.0 Å². The van der Waals surface area contributed by atoms with Crippen LogP contribution in [0.1, 0.15) is 18.2 Å². The lowest BCUT2D eigenvalue weighted by Crippen LogP contribution is -2.25. The fourth-order valence-electron chi connectivity index (χ4n) is 2.16. The largest absolute Gasteiger partial charge is 0.504 e. The van der Waals surface area contributed by atoms with E-state index in [1.165, 1.54) is 6.07 Å². The first kappa shape index (κ1) is 18.4. The summed E-state index contributed by atoms with van der Waals surface area (Å²) in [6.45, 7) is 1.62. The molecule has 1 aromatic heterocycles. The van der Waals surface area contributed by atoms with Gasteiger partial charge in [-0.25, -0.2) is 4.79 Å². The predicted molar refractivity (Wildman–Crippen MR) is 89.2 cm³/mol. The van der Waals surface area contributed by atoms with Crippen LogP contribution in [0.15, 0.2) is 21.7 Å². The van der Waals surface area contributed by atoms with Gasteiger partial charge in [-0.05, 0) is 31.2 Å². The molecule has 0 unspecified atom stereocenters. The number of rotatable bonds is 6. The van der Waals surface area contributed by atoms with E-state index in [4.69, 9.17) is 4.74 Å². The number of aromatic amines is 2. The van der Waals surface area contributed by atoms with Crippen molar-refractivity contribution in [2.75, 3.05) is 6.61 Å². The number of phenols is 1. The Labute approximate surface area is 143 Å². The minimum atomic E-state index is -1.21. The van der Waals surface area contributed by atoms with E-state index in [-0.39, 0.29) is 17.9 Å². The molecule has 2 aromatic rings. The Kier molecular flexibility index (Phi) is 5.15. The number of aromatic nitrogens is 2. The van der Waals surface area contributed by atoms with E-state index in [0.717, 1.165) is 18.2 Å². The normalized spacial score (nSPS) is 10.8. The van der Waals surface area contributed by atoms with Gasteiger partial charge in [-0.3, -0.25) is 30.0 Å². The van der Waals surface area contributed by atoms with E-state index in [2.05, 4.69) is 4.98 Å². The van der Waals surface area contributed by atoms with Crippen LogP contribution in [0, 0.1) is 20.2 Å². The molecule has 26 heavy (non-hydrogen) atoms. The van der Waals surface area contributed by atoms with Gasteiger partial charge < -0.3 is 14.8 Å². The van der Waals surface area contributed by atoms with Gasteiger partial charge in [0.1, 0.15) is 5.69 Å². The highest BCUT2D eigenvalue weighted by atomic mass is 16.6. The molecular formula is C14H12N4O8. The highest BCUT2D eigenvalue weighted by Gasteiger charge is 2.24. The van der Waals surface area contributed by atoms with Gasteiger partial charge in [0.2, 0.25) is 5.75 Å². The topological polar surface area (TPSA) is 181 Å². The fourth-order valence-corrected chi connectivity index (χ4v) is 2.16. The number of nitrogens with zero attached hydrogens (tertiary/aromatic N) is 2. The van der Waals surface area contributed by atoms with Gasteiger partial charge in [0, 0.05) is 0 Å². The molecule has 136 valence electrons. The van der Waals surface area contributed by atoms with Gasteiger partial charge in [0.25, 0.3) is 0 Å². The van der Waals surface area contributed by atoms with Crippen LogP contribution in [-0.4, -0.2) is 31.5 Å². The average Bonchev–Trinajstić information content (AvgIpc) is 2.54. The fraction of sp³-hybridized carbons (Fsp3) is 0.143. The number of nitrogens with one attached hydrogen (secondary N) is 2. The number of nitro benzene ring substituents is 1. The van der Waals surface area contributed by atoms with Crippen molar-refractivity contribution in [1.29, 1.82) is 0 Å². The second-order valence-corrected chi connectivity index (χ2v) is 4.80. The van der Waals surface area contributed by atoms with Crippen molar-refractivity contribution in [3.8, 4) is 11.5 Å². The van der Waals surface area contributed by atoms with Crippen LogP contribution in [-0.2, 0) is 0 Å². The molecule has 0 spiro atoms. The van der Waals surface area contributed by atoms with Crippen molar-refractivity contribution in [1.82, 2.24) is 9.97 Å². The molecule has 0 saturated heterocycles. The van der Waals surface area contributed by atoms with E-state index in [9.17, 15) is 34.9 Å². The van der Waals surface area contributed by atoms with Gasteiger partial charge in [0.15, 0.2) is 5.75 Å². The first-order valence-electron chi connectivity index (χ1n) is 7.08. The summed E-state index contributed by atoms with van der Waals surface area (Å²) in [4.78, 5) is 47.2. The summed E-state index contributed by atoms with van der Waals surface area (Å²) in [6, 6.07) is 2.33. The van der Waals surface area contributed by atoms with Crippen molar-refractivity contribution < 1.29 is 19.7 Å². The Morgan fingerprint density at radius 1 is 1.12 bits per heavy atom. The lowest BCUT2D eigenvalue weighted by Gasteiger charge is -2.08. The van der Waals surface area contributed by atoms with Crippen molar-refractivity contribution in [3.63, 3.8) is 0 Å². The molecule has 1 aromatic carbocycles. The molecule has 0 aliphatic rings. The second-order valence-electron chi connectivity index (χ2n) is 4.80. The number of nitro groups is 2. The van der Waals surface area contributed by atoms with Crippen LogP contribution in [0.4, 0.5) is 11.4 Å². The third-order valence-corrected chi connectivity index (χ3v) is 3.17. The molecule has 0 aliphatic carbocycles. The molecule has 0 fully saturated rings. The first-order valence-corrected chi connectivity index (χ1v) is 7.08. The number of hydrogen-bond acceptors (Lipinski definition) is 8. The van der Waals surface area contributed by atoms with Gasteiger partial charge in [0.05, 0.1) is 22.0 Å². The molecular weight excluding hydrogens is 352 g/mol. The molecule has 0 saturated carbocycles. The highest BCUT2D eigenvalue weighted by molar-refractivity contribution is 5.78. The van der Waals surface area contributed by atoms with E-state index >= 15 is 0 Å². The third kappa shape index (κ3) is 3.58.